The maximum atomic E-state index is 12.2. The van der Waals surface area contributed by atoms with Crippen molar-refractivity contribution in [1.29, 1.82) is 0 Å². The van der Waals surface area contributed by atoms with Crippen LogP contribution in [0.1, 0.15) is 32.2 Å². The minimum Gasteiger partial charge on any atom is -0.478 e. The highest BCUT2D eigenvalue weighted by Crippen LogP contribution is 2.17. The zero-order valence-electron chi connectivity index (χ0n) is 13.9. The first-order valence-corrected chi connectivity index (χ1v) is 8.08. The Labute approximate surface area is 145 Å². The van der Waals surface area contributed by atoms with Gasteiger partial charge in [-0.2, -0.15) is 0 Å². The van der Waals surface area contributed by atoms with Crippen LogP contribution in [0, 0.1) is 6.92 Å². The van der Waals surface area contributed by atoms with E-state index >= 15 is 0 Å². The molecule has 1 aliphatic heterocycles. The van der Waals surface area contributed by atoms with Gasteiger partial charge in [-0.25, -0.2) is 4.79 Å². The van der Waals surface area contributed by atoms with Crippen LogP contribution in [-0.4, -0.2) is 43.3 Å². The van der Waals surface area contributed by atoms with E-state index in [0.717, 1.165) is 18.8 Å². The highest BCUT2D eigenvalue weighted by atomic mass is 16.5. The lowest BCUT2D eigenvalue weighted by molar-refractivity contribution is 0.0694. The quantitative estimate of drug-likeness (QED) is 0.862. The molecular formula is C18H20N2O5. The molecule has 3 rings (SSSR count). The molecule has 1 aromatic heterocycles. The highest BCUT2D eigenvalue weighted by molar-refractivity contribution is 5.94. The molecular weight excluding hydrogens is 324 g/mol. The fraction of sp³-hybridized carbons (Fsp3) is 0.333. The molecule has 132 valence electrons. The van der Waals surface area contributed by atoms with Gasteiger partial charge in [0, 0.05) is 24.3 Å². The van der Waals surface area contributed by atoms with Crippen LogP contribution in [0.5, 0.6) is 0 Å². The normalized spacial score (nSPS) is 14.4. The van der Waals surface area contributed by atoms with E-state index in [4.69, 9.17) is 14.3 Å². The number of hydrogen-bond acceptors (Lipinski definition) is 5. The minimum absolute atomic E-state index is 0.110. The maximum Gasteiger partial charge on any atom is 0.339 e. The van der Waals surface area contributed by atoms with E-state index < -0.39 is 5.97 Å². The largest absolute Gasteiger partial charge is 0.478 e. The molecule has 0 bridgehead atoms. The number of aryl methyl sites for hydroxylation is 1. The Hall–Kier alpha value is -2.80. The highest BCUT2D eigenvalue weighted by Gasteiger charge is 2.15. The van der Waals surface area contributed by atoms with E-state index in [1.165, 1.54) is 6.07 Å². The maximum absolute atomic E-state index is 12.2. The second kappa shape index (κ2) is 7.40. The Morgan fingerprint density at radius 2 is 1.88 bits per heavy atom. The molecule has 0 saturated carbocycles. The SMILES string of the molecule is Cc1oc(CNC(=O)c2ccc(N3CCOCC3)cc2)cc1C(=O)O. The van der Waals surface area contributed by atoms with Crippen LogP contribution in [0.3, 0.4) is 0 Å². The summed E-state index contributed by atoms with van der Waals surface area (Å²) in [6.07, 6.45) is 0. The Morgan fingerprint density at radius 1 is 1.20 bits per heavy atom. The summed E-state index contributed by atoms with van der Waals surface area (Å²) in [6.45, 7) is 4.83. The molecule has 2 aromatic rings. The van der Waals surface area contributed by atoms with Crippen molar-refractivity contribution >= 4 is 17.6 Å². The fourth-order valence-electron chi connectivity index (χ4n) is 2.76. The first-order valence-electron chi connectivity index (χ1n) is 8.08. The number of hydrogen-bond donors (Lipinski definition) is 2. The molecule has 0 aliphatic carbocycles. The number of carbonyl (C=O) groups excluding carboxylic acids is 1. The summed E-state index contributed by atoms with van der Waals surface area (Å²) in [4.78, 5) is 25.4. The van der Waals surface area contributed by atoms with Gasteiger partial charge in [-0.15, -0.1) is 0 Å². The van der Waals surface area contributed by atoms with Gasteiger partial charge in [-0.05, 0) is 37.3 Å². The van der Waals surface area contributed by atoms with Crippen molar-refractivity contribution < 1.29 is 23.8 Å². The van der Waals surface area contributed by atoms with Gasteiger partial charge >= 0.3 is 5.97 Å². The summed E-state index contributed by atoms with van der Waals surface area (Å²) in [5, 5.41) is 11.7. The number of ether oxygens (including phenoxy) is 1. The average Bonchev–Trinajstić information content (AvgIpc) is 3.01. The van der Waals surface area contributed by atoms with E-state index in [1.54, 1.807) is 19.1 Å². The molecule has 0 unspecified atom stereocenters. The number of carboxylic acids is 1. The van der Waals surface area contributed by atoms with Crippen LogP contribution in [0.25, 0.3) is 0 Å². The third kappa shape index (κ3) is 4.00. The fourth-order valence-corrected chi connectivity index (χ4v) is 2.76. The topological polar surface area (TPSA) is 92.0 Å². The van der Waals surface area contributed by atoms with Crippen LogP contribution >= 0.6 is 0 Å². The zero-order valence-corrected chi connectivity index (χ0v) is 13.9. The number of furan rings is 1. The van der Waals surface area contributed by atoms with Crippen LogP contribution in [-0.2, 0) is 11.3 Å². The van der Waals surface area contributed by atoms with Crippen molar-refractivity contribution in [3.63, 3.8) is 0 Å². The Kier molecular flexibility index (Phi) is 5.04. The van der Waals surface area contributed by atoms with Gasteiger partial charge in [-0.1, -0.05) is 0 Å². The molecule has 1 aromatic carbocycles. The minimum atomic E-state index is -1.04. The molecule has 0 spiro atoms. The first-order chi connectivity index (χ1) is 12.0. The predicted octanol–water partition coefficient (Wildman–Crippen LogP) is 2.05. The van der Waals surface area contributed by atoms with E-state index in [9.17, 15) is 9.59 Å². The van der Waals surface area contributed by atoms with Gasteiger partial charge < -0.3 is 24.5 Å². The van der Waals surface area contributed by atoms with Crippen molar-refractivity contribution in [1.82, 2.24) is 5.32 Å². The van der Waals surface area contributed by atoms with E-state index in [-0.39, 0.29) is 18.0 Å². The van der Waals surface area contributed by atoms with Crippen molar-refractivity contribution in [3.8, 4) is 0 Å². The molecule has 1 saturated heterocycles. The summed E-state index contributed by atoms with van der Waals surface area (Å²) in [6, 6.07) is 8.81. The molecule has 2 N–H and O–H groups in total. The van der Waals surface area contributed by atoms with Crippen molar-refractivity contribution in [2.45, 2.75) is 13.5 Å². The third-order valence-electron chi connectivity index (χ3n) is 4.13. The summed E-state index contributed by atoms with van der Waals surface area (Å²) in [5.41, 5.74) is 1.71. The summed E-state index contributed by atoms with van der Waals surface area (Å²) >= 11 is 0. The van der Waals surface area contributed by atoms with Crippen LogP contribution < -0.4 is 10.2 Å². The van der Waals surface area contributed by atoms with Gasteiger partial charge in [0.2, 0.25) is 0 Å². The zero-order chi connectivity index (χ0) is 17.8. The first kappa shape index (κ1) is 17.0. The van der Waals surface area contributed by atoms with Crippen molar-refractivity contribution in [2.24, 2.45) is 0 Å². The summed E-state index contributed by atoms with van der Waals surface area (Å²) in [7, 11) is 0. The van der Waals surface area contributed by atoms with E-state index in [1.807, 2.05) is 12.1 Å². The number of carboxylic acid groups (broad SMARTS) is 1. The molecule has 1 amide bonds. The monoisotopic (exact) mass is 344 g/mol. The number of benzene rings is 1. The number of nitrogens with zero attached hydrogens (tertiary/aromatic N) is 1. The number of nitrogens with one attached hydrogen (secondary N) is 1. The van der Waals surface area contributed by atoms with Gasteiger partial charge in [0.1, 0.15) is 17.1 Å². The lowest BCUT2D eigenvalue weighted by Gasteiger charge is -2.28. The predicted molar refractivity (Wildman–Crippen MR) is 91.0 cm³/mol. The molecule has 7 nitrogen and oxygen atoms in total. The van der Waals surface area contributed by atoms with Crippen molar-refractivity contribution in [3.05, 3.63) is 53.0 Å². The summed E-state index contributed by atoms with van der Waals surface area (Å²) in [5.74, 6) is -0.545. The van der Waals surface area contributed by atoms with Crippen LogP contribution in [0.15, 0.2) is 34.7 Å². The lowest BCUT2D eigenvalue weighted by Crippen LogP contribution is -2.36. The molecule has 1 aliphatic rings. The van der Waals surface area contributed by atoms with Gasteiger partial charge in [0.05, 0.1) is 19.8 Å². The molecule has 0 atom stereocenters. The second-order valence-corrected chi connectivity index (χ2v) is 5.82. The van der Waals surface area contributed by atoms with Gasteiger partial charge in [0.15, 0.2) is 0 Å². The van der Waals surface area contributed by atoms with Gasteiger partial charge in [0.25, 0.3) is 5.91 Å². The smallest absolute Gasteiger partial charge is 0.339 e. The summed E-state index contributed by atoms with van der Waals surface area (Å²) < 4.78 is 10.7. The van der Waals surface area contributed by atoms with Crippen LogP contribution in [0.4, 0.5) is 5.69 Å². The number of anilines is 1. The van der Waals surface area contributed by atoms with Crippen LogP contribution in [0.2, 0.25) is 0 Å². The molecule has 2 heterocycles. The molecule has 7 heteroatoms. The average molecular weight is 344 g/mol. The Bertz CT molecular complexity index is 760. The molecule has 0 radical (unpaired) electrons. The third-order valence-corrected chi connectivity index (χ3v) is 4.13. The number of rotatable bonds is 5. The van der Waals surface area contributed by atoms with Crippen molar-refractivity contribution in [2.75, 3.05) is 31.2 Å². The van der Waals surface area contributed by atoms with E-state index in [0.29, 0.717) is 30.3 Å². The van der Waals surface area contributed by atoms with Gasteiger partial charge in [-0.3, -0.25) is 4.79 Å². The van der Waals surface area contributed by atoms with E-state index in [2.05, 4.69) is 10.2 Å². The lowest BCUT2D eigenvalue weighted by atomic mass is 10.1. The number of amides is 1. The molecule has 25 heavy (non-hydrogen) atoms. The number of carbonyl (C=O) groups is 2. The second-order valence-electron chi connectivity index (χ2n) is 5.82. The number of morpholine rings is 1. The molecule has 1 fully saturated rings. The Morgan fingerprint density at radius 3 is 2.48 bits per heavy atom. The standard InChI is InChI=1S/C18H20N2O5/c1-12-16(18(22)23)10-15(25-12)11-19-17(21)13-2-4-14(5-3-13)20-6-8-24-9-7-20/h2-5,10H,6-9,11H2,1H3,(H,19,21)(H,22,23). The number of aromatic carboxylic acids is 1. The Balaban J connectivity index is 1.59.